The molecule has 0 radical (unpaired) electrons. The summed E-state index contributed by atoms with van der Waals surface area (Å²) in [6, 6.07) is 11.4. The van der Waals surface area contributed by atoms with Gasteiger partial charge in [-0.2, -0.15) is 10.5 Å². The zero-order chi connectivity index (χ0) is 16.1. The molecule has 2 aromatic rings. The molecule has 0 aliphatic carbocycles. The quantitative estimate of drug-likeness (QED) is 0.931. The van der Waals surface area contributed by atoms with Gasteiger partial charge in [0.1, 0.15) is 23.8 Å². The van der Waals surface area contributed by atoms with Gasteiger partial charge in [0.05, 0.1) is 11.1 Å². The summed E-state index contributed by atoms with van der Waals surface area (Å²) in [5.74, 6) is 2.02. The van der Waals surface area contributed by atoms with E-state index in [1.807, 2.05) is 6.07 Å². The highest BCUT2D eigenvalue weighted by Gasteiger charge is 2.24. The Bertz CT molecular complexity index is 756. The number of pyridine rings is 2. The molecule has 2 aromatic heterocycles. The van der Waals surface area contributed by atoms with Crippen LogP contribution in [0.2, 0.25) is 0 Å². The Morgan fingerprint density at radius 3 is 2.87 bits per heavy atom. The minimum absolute atomic E-state index is 0.473. The number of hydrogen-bond donors (Lipinski definition) is 1. The van der Waals surface area contributed by atoms with Crippen LogP contribution < -0.4 is 10.2 Å². The zero-order valence-electron chi connectivity index (χ0n) is 12.6. The maximum absolute atomic E-state index is 9.18. The molecule has 0 saturated carbocycles. The highest BCUT2D eigenvalue weighted by Crippen LogP contribution is 2.24. The van der Waals surface area contributed by atoms with Crippen LogP contribution in [0, 0.1) is 28.6 Å². The monoisotopic (exact) mass is 304 g/mol. The topological polar surface area (TPSA) is 88.6 Å². The van der Waals surface area contributed by atoms with Gasteiger partial charge < -0.3 is 10.2 Å². The molecule has 0 amide bonds. The van der Waals surface area contributed by atoms with Gasteiger partial charge in [-0.25, -0.2) is 9.97 Å². The van der Waals surface area contributed by atoms with Crippen LogP contribution in [-0.2, 0) is 0 Å². The van der Waals surface area contributed by atoms with Crippen LogP contribution in [0.4, 0.5) is 11.6 Å². The van der Waals surface area contributed by atoms with Crippen molar-refractivity contribution in [3.8, 4) is 12.1 Å². The second-order valence-corrected chi connectivity index (χ2v) is 5.51. The van der Waals surface area contributed by atoms with E-state index in [2.05, 4.69) is 32.3 Å². The van der Waals surface area contributed by atoms with Crippen molar-refractivity contribution in [1.82, 2.24) is 9.97 Å². The van der Waals surface area contributed by atoms with Crippen molar-refractivity contribution >= 4 is 11.6 Å². The standard InChI is InChI=1S/C17H16N6/c18-8-13-3-4-16(21-10-13)22-11-14-5-7-23(12-14)17-15(9-19)2-1-6-20-17/h1-4,6,10,14H,5,7,11-12H2,(H,21,22). The lowest BCUT2D eigenvalue weighted by Crippen LogP contribution is -2.24. The molecule has 3 rings (SSSR count). The predicted octanol–water partition coefficient (Wildman–Crippen LogP) is 2.16. The summed E-state index contributed by atoms with van der Waals surface area (Å²) >= 11 is 0. The predicted molar refractivity (Wildman–Crippen MR) is 86.7 cm³/mol. The van der Waals surface area contributed by atoms with Crippen molar-refractivity contribution in [2.24, 2.45) is 5.92 Å². The van der Waals surface area contributed by atoms with Crippen molar-refractivity contribution in [2.45, 2.75) is 6.42 Å². The first-order valence-corrected chi connectivity index (χ1v) is 7.50. The SMILES string of the molecule is N#Cc1ccc(NCC2CCN(c3ncccc3C#N)C2)nc1. The van der Waals surface area contributed by atoms with Crippen LogP contribution in [0.5, 0.6) is 0 Å². The third kappa shape index (κ3) is 3.38. The Balaban J connectivity index is 1.58. The van der Waals surface area contributed by atoms with Gasteiger partial charge in [0.25, 0.3) is 0 Å². The molecular formula is C17H16N6. The van der Waals surface area contributed by atoms with Crippen molar-refractivity contribution in [2.75, 3.05) is 29.9 Å². The minimum Gasteiger partial charge on any atom is -0.370 e. The second-order valence-electron chi connectivity index (χ2n) is 5.51. The lowest BCUT2D eigenvalue weighted by atomic mass is 10.1. The van der Waals surface area contributed by atoms with Gasteiger partial charge in [-0.15, -0.1) is 0 Å². The maximum Gasteiger partial charge on any atom is 0.146 e. The summed E-state index contributed by atoms with van der Waals surface area (Å²) in [6.07, 6.45) is 4.34. The molecule has 0 bridgehead atoms. The second kappa shape index (κ2) is 6.76. The molecule has 23 heavy (non-hydrogen) atoms. The van der Waals surface area contributed by atoms with E-state index in [0.717, 1.165) is 37.7 Å². The molecule has 114 valence electrons. The van der Waals surface area contributed by atoms with Crippen LogP contribution in [0.3, 0.4) is 0 Å². The maximum atomic E-state index is 9.18. The van der Waals surface area contributed by atoms with Crippen LogP contribution in [0.15, 0.2) is 36.7 Å². The van der Waals surface area contributed by atoms with Crippen molar-refractivity contribution < 1.29 is 0 Å². The summed E-state index contributed by atoms with van der Waals surface area (Å²) in [4.78, 5) is 10.7. The van der Waals surface area contributed by atoms with Gasteiger partial charge in [-0.3, -0.25) is 0 Å². The Hall–Kier alpha value is -3.12. The van der Waals surface area contributed by atoms with E-state index in [9.17, 15) is 5.26 Å². The summed E-state index contributed by atoms with van der Waals surface area (Å²) in [5.41, 5.74) is 1.18. The Kier molecular flexibility index (Phi) is 4.35. The van der Waals surface area contributed by atoms with Gasteiger partial charge >= 0.3 is 0 Å². The summed E-state index contributed by atoms with van der Waals surface area (Å²) in [5, 5.41) is 21.3. The Morgan fingerprint density at radius 2 is 2.13 bits per heavy atom. The normalized spacial score (nSPS) is 16.6. The Morgan fingerprint density at radius 1 is 1.22 bits per heavy atom. The van der Waals surface area contributed by atoms with Crippen LogP contribution in [0.1, 0.15) is 17.5 Å². The molecular weight excluding hydrogens is 288 g/mol. The van der Waals surface area contributed by atoms with Gasteiger partial charge in [0.15, 0.2) is 0 Å². The van der Waals surface area contributed by atoms with E-state index in [4.69, 9.17) is 5.26 Å². The number of aromatic nitrogens is 2. The number of hydrogen-bond acceptors (Lipinski definition) is 6. The van der Waals surface area contributed by atoms with E-state index >= 15 is 0 Å². The van der Waals surface area contributed by atoms with Crippen molar-refractivity contribution in [1.29, 1.82) is 10.5 Å². The molecule has 1 unspecified atom stereocenters. The molecule has 1 atom stereocenters. The average Bonchev–Trinajstić information content (AvgIpc) is 3.09. The molecule has 1 aliphatic heterocycles. The molecule has 3 heterocycles. The van der Waals surface area contributed by atoms with Gasteiger partial charge in [0.2, 0.25) is 0 Å². The molecule has 1 N–H and O–H groups in total. The summed E-state index contributed by atoms with van der Waals surface area (Å²) in [6.45, 7) is 2.58. The van der Waals surface area contributed by atoms with E-state index in [0.29, 0.717) is 17.0 Å². The molecule has 0 aromatic carbocycles. The fourth-order valence-electron chi connectivity index (χ4n) is 2.74. The number of rotatable bonds is 4. The summed E-state index contributed by atoms with van der Waals surface area (Å²) < 4.78 is 0. The first-order chi connectivity index (χ1) is 11.3. The van der Waals surface area contributed by atoms with E-state index in [-0.39, 0.29) is 0 Å². The zero-order valence-corrected chi connectivity index (χ0v) is 12.6. The molecule has 1 fully saturated rings. The highest BCUT2D eigenvalue weighted by molar-refractivity contribution is 5.54. The molecule has 1 saturated heterocycles. The van der Waals surface area contributed by atoms with E-state index in [1.54, 1.807) is 30.6 Å². The highest BCUT2D eigenvalue weighted by atomic mass is 15.2. The fraction of sp³-hybridized carbons (Fsp3) is 0.294. The fourth-order valence-corrected chi connectivity index (χ4v) is 2.74. The first kappa shape index (κ1) is 14.8. The minimum atomic E-state index is 0.473. The Labute approximate surface area is 135 Å². The first-order valence-electron chi connectivity index (χ1n) is 7.50. The summed E-state index contributed by atoms with van der Waals surface area (Å²) in [7, 11) is 0. The molecule has 6 nitrogen and oxygen atoms in total. The van der Waals surface area contributed by atoms with Gasteiger partial charge in [-0.05, 0) is 36.6 Å². The molecule has 1 aliphatic rings. The average molecular weight is 304 g/mol. The van der Waals surface area contributed by atoms with Crippen LogP contribution >= 0.6 is 0 Å². The number of nitrogens with zero attached hydrogens (tertiary/aromatic N) is 5. The third-order valence-electron chi connectivity index (χ3n) is 3.96. The number of anilines is 2. The molecule has 6 heteroatoms. The van der Waals surface area contributed by atoms with Crippen molar-refractivity contribution in [3.63, 3.8) is 0 Å². The van der Waals surface area contributed by atoms with Gasteiger partial charge in [-0.1, -0.05) is 0 Å². The largest absolute Gasteiger partial charge is 0.370 e. The number of nitrogens with one attached hydrogen (secondary N) is 1. The van der Waals surface area contributed by atoms with Crippen LogP contribution in [-0.4, -0.2) is 29.6 Å². The van der Waals surface area contributed by atoms with Crippen molar-refractivity contribution in [3.05, 3.63) is 47.8 Å². The van der Waals surface area contributed by atoms with Gasteiger partial charge in [0, 0.05) is 32.0 Å². The lowest BCUT2D eigenvalue weighted by Gasteiger charge is -2.18. The lowest BCUT2D eigenvalue weighted by molar-refractivity contribution is 0.621. The molecule has 0 spiro atoms. The van der Waals surface area contributed by atoms with E-state index < -0.39 is 0 Å². The third-order valence-corrected chi connectivity index (χ3v) is 3.96. The smallest absolute Gasteiger partial charge is 0.146 e. The number of nitriles is 2. The van der Waals surface area contributed by atoms with Crippen LogP contribution in [0.25, 0.3) is 0 Å². The van der Waals surface area contributed by atoms with E-state index in [1.165, 1.54) is 0 Å².